The molecule has 0 radical (unpaired) electrons. The number of aromatic nitrogens is 4. The maximum Gasteiger partial charge on any atom is 0.408 e. The van der Waals surface area contributed by atoms with Crippen LogP contribution < -0.4 is 69.2 Å². The van der Waals surface area contributed by atoms with E-state index in [1.807, 2.05) is 154 Å². The molecule has 0 saturated heterocycles. The Morgan fingerprint density at radius 1 is 0.380 bits per heavy atom. The van der Waals surface area contributed by atoms with Crippen molar-refractivity contribution in [3.05, 3.63) is 288 Å². The van der Waals surface area contributed by atoms with Gasteiger partial charge in [-0.1, -0.05) is 201 Å². The number of nitrogens with zero attached hydrogens (tertiary/aromatic N) is 4. The molecule has 0 saturated carbocycles. The van der Waals surface area contributed by atoms with Crippen LogP contribution in [0.5, 0.6) is 0 Å². The van der Waals surface area contributed by atoms with Crippen molar-refractivity contribution in [3.63, 3.8) is 0 Å². The molecule has 0 fully saturated rings. The summed E-state index contributed by atoms with van der Waals surface area (Å²) >= 11 is 0. The number of unbranched alkanes of at least 4 members (excludes halogenated alkanes) is 4. The van der Waals surface area contributed by atoms with Crippen LogP contribution in [0.4, 0.5) is 19.2 Å². The number of hydrogen-bond donors (Lipinski definition) is 14. The predicted octanol–water partition coefficient (Wildman–Crippen LogP) is 13.5. The van der Waals surface area contributed by atoms with Gasteiger partial charge in [0.1, 0.15) is 29.5 Å². The lowest BCUT2D eigenvalue weighted by atomic mass is 10.1. The molecule has 2 heterocycles. The normalized spacial score (nSPS) is 11.9. The van der Waals surface area contributed by atoms with Gasteiger partial charge in [-0.05, 0) is 187 Å². The molecule has 7 amide bonds. The molecule has 8 aromatic carbocycles. The Morgan fingerprint density at radius 2 is 0.701 bits per heavy atom. The highest BCUT2D eigenvalue weighted by Crippen LogP contribution is 2.26. The number of alkyl carbamates (subject to hydrolysis) is 4. The van der Waals surface area contributed by atoms with Crippen LogP contribution in [0.3, 0.4) is 0 Å². The lowest BCUT2D eigenvalue weighted by Gasteiger charge is -2.20. The first-order chi connectivity index (χ1) is 65.4. The number of carbonyl (C=O) groups is 11. The first kappa shape index (κ1) is 111. The van der Waals surface area contributed by atoms with E-state index >= 15 is 0 Å². The number of nitrogen functional groups attached to an aromatic ring is 1. The fourth-order valence-electron chi connectivity index (χ4n) is 12.2. The summed E-state index contributed by atoms with van der Waals surface area (Å²) in [6, 6.07) is 69.9. The van der Waals surface area contributed by atoms with Crippen LogP contribution in [0.2, 0.25) is 0 Å². The Kier molecular flexibility index (Phi) is 48.9. The molecule has 10 rings (SSSR count). The molecule has 137 heavy (non-hydrogen) atoms. The third-order valence-corrected chi connectivity index (χ3v) is 19.5. The summed E-state index contributed by atoms with van der Waals surface area (Å²) in [5.41, 5.74) is 10.4. The van der Waals surface area contributed by atoms with Crippen LogP contribution in [-0.2, 0) is 45.4 Å². The average molecular weight is 1910 g/mol. The van der Waals surface area contributed by atoms with Crippen LogP contribution in [0.25, 0.3) is 22.9 Å². The summed E-state index contributed by atoms with van der Waals surface area (Å²) in [7, 11) is -3.71. The Bertz CT molecular complexity index is 5410. The summed E-state index contributed by atoms with van der Waals surface area (Å²) in [6.07, 6.45) is 4.63. The highest BCUT2D eigenvalue weighted by atomic mass is 32.2. The van der Waals surface area contributed by atoms with Crippen molar-refractivity contribution in [3.8, 4) is 22.9 Å². The summed E-state index contributed by atoms with van der Waals surface area (Å²) < 4.78 is 56.6. The van der Waals surface area contributed by atoms with Crippen LogP contribution in [0.15, 0.2) is 251 Å². The smallest absolute Gasteiger partial charge is 0.408 e. The van der Waals surface area contributed by atoms with Crippen molar-refractivity contribution >= 4 is 75.6 Å². The number of aliphatic carboxylic acids is 1. The zero-order valence-corrected chi connectivity index (χ0v) is 79.4. The number of ether oxygens (including phenoxy) is 4. The molecule has 0 aliphatic carbocycles. The number of carbonyl (C=O) groups excluding carboxylic acids is 10. The fraction of sp³-hybridized carbons (Fsp3) is 0.364. The van der Waals surface area contributed by atoms with E-state index in [1.165, 1.54) is 0 Å². The Balaban J connectivity index is 0.000000271. The van der Waals surface area contributed by atoms with Crippen molar-refractivity contribution < 1.29 is 94.0 Å². The molecule has 734 valence electrons. The van der Waals surface area contributed by atoms with Crippen LogP contribution in [-0.4, -0.2) is 174 Å². The van der Waals surface area contributed by atoms with Gasteiger partial charge < -0.3 is 54.2 Å². The molecule has 0 aliphatic heterocycles. The minimum atomic E-state index is -3.71. The first-order valence-corrected chi connectivity index (χ1v) is 46.3. The Hall–Kier alpha value is -14.3. The van der Waals surface area contributed by atoms with E-state index < -0.39 is 81.3 Å². The Morgan fingerprint density at radius 3 is 1.05 bits per heavy atom. The van der Waals surface area contributed by atoms with Crippen LogP contribution in [0.1, 0.15) is 221 Å². The highest BCUT2D eigenvalue weighted by Gasteiger charge is 2.27. The van der Waals surface area contributed by atoms with Gasteiger partial charge in [0.15, 0.2) is 17.3 Å². The van der Waals surface area contributed by atoms with E-state index in [0.717, 1.165) is 29.5 Å². The third-order valence-electron chi connectivity index (χ3n) is 18.9. The van der Waals surface area contributed by atoms with Gasteiger partial charge in [0.25, 0.3) is 27.9 Å². The number of Topliss-reactive ketones (excluding diaryl/α,β-unsaturated/α-hetero) is 3. The summed E-state index contributed by atoms with van der Waals surface area (Å²) in [6.45, 7) is 17.9. The molecule has 38 heteroatoms. The topological polar surface area (TPSA) is 541 Å². The van der Waals surface area contributed by atoms with Crippen molar-refractivity contribution in [1.82, 2.24) is 78.6 Å². The molecule has 0 spiro atoms. The minimum absolute atomic E-state index is 0.0139. The van der Waals surface area contributed by atoms with E-state index in [1.54, 1.807) is 157 Å². The maximum atomic E-state index is 12.8. The molecule has 0 unspecified atom stereocenters. The molecular weight excluding hydrogens is 1780 g/mol. The maximum absolute atomic E-state index is 12.8. The van der Waals surface area contributed by atoms with Gasteiger partial charge in [0, 0.05) is 65.1 Å². The molecule has 0 aliphatic rings. The number of nitrogens with one attached hydrogen (secondary N) is 11. The van der Waals surface area contributed by atoms with E-state index in [2.05, 4.69) is 73.2 Å². The lowest BCUT2D eigenvalue weighted by Crippen LogP contribution is -2.51. The van der Waals surface area contributed by atoms with E-state index in [0.29, 0.717) is 129 Å². The number of nitrogens with two attached hydrogens (primary N) is 2. The molecule has 10 aromatic rings. The number of hydrogen-bond acceptors (Lipinski definition) is 27. The van der Waals surface area contributed by atoms with Gasteiger partial charge in [0.05, 0.1) is 37.8 Å². The zero-order valence-electron chi connectivity index (χ0n) is 78.6. The number of benzene rings is 8. The number of carboxylic acids is 1. The van der Waals surface area contributed by atoms with E-state index in [9.17, 15) is 66.3 Å². The molecule has 4 atom stereocenters. The monoisotopic (exact) mass is 1910 g/mol. The second-order valence-electron chi connectivity index (χ2n) is 33.7. The van der Waals surface area contributed by atoms with Crippen molar-refractivity contribution in [2.24, 2.45) is 11.0 Å². The largest absolute Gasteiger partial charge is 0.480 e. The first-order valence-electron chi connectivity index (χ1n) is 44.7. The van der Waals surface area contributed by atoms with Gasteiger partial charge in [-0.2, -0.15) is 8.42 Å². The Labute approximate surface area is 798 Å². The average Bonchev–Trinajstić information content (AvgIpc) is 1.60. The van der Waals surface area contributed by atoms with Gasteiger partial charge in [0.2, 0.25) is 23.6 Å². The van der Waals surface area contributed by atoms with E-state index in [-0.39, 0.29) is 74.5 Å². The molecule has 16 N–H and O–H groups in total. The highest BCUT2D eigenvalue weighted by molar-refractivity contribution is 7.87. The second-order valence-corrected chi connectivity index (χ2v) is 35.1. The number of hydrazine groups is 2. The second kappa shape index (κ2) is 60.2. The summed E-state index contributed by atoms with van der Waals surface area (Å²) in [5.74, 6) is 4.02. The number of carboxylic acid groups (broad SMARTS) is 1. The zero-order chi connectivity index (χ0) is 99.9. The fourth-order valence-corrected chi connectivity index (χ4v) is 12.7. The van der Waals surface area contributed by atoms with Crippen LogP contribution in [0, 0.1) is 0 Å². The molecule has 2 aromatic heterocycles. The van der Waals surface area contributed by atoms with E-state index in [4.69, 9.17) is 38.8 Å². The lowest BCUT2D eigenvalue weighted by molar-refractivity contribution is -0.139. The van der Waals surface area contributed by atoms with Gasteiger partial charge in [-0.15, -0.1) is 20.4 Å². The predicted molar refractivity (Wildman–Crippen MR) is 516 cm³/mol. The quantitative estimate of drug-likeness (QED) is 0.00421. The molecular formula is C99H127N17O20S. The van der Waals surface area contributed by atoms with Gasteiger partial charge in [-0.25, -0.2) is 39.7 Å². The van der Waals surface area contributed by atoms with Gasteiger partial charge in [-0.3, -0.25) is 61.0 Å². The number of amides is 7. The third kappa shape index (κ3) is 48.0. The number of ketones is 3. The van der Waals surface area contributed by atoms with Crippen molar-refractivity contribution in [2.45, 2.75) is 187 Å². The molecule has 0 bridgehead atoms. The summed E-state index contributed by atoms with van der Waals surface area (Å²) in [5, 5.41) is 50.7. The van der Waals surface area contributed by atoms with Crippen molar-refractivity contribution in [2.75, 3.05) is 45.8 Å². The SMILES string of the molecule is CC(C)(C)OC(=O)NCCCC[C@H](NC(=O)OCc1ccccc1)C(=O)O.CC(C)(C)OC(=O)NCCCC[C@H](NCC(=O)c1ccccc1)C(=O)NNC(=O)c1ccccc1.CC(C)(C)OC(=O)NCCCC[C@H](NCC(=O)c1ccccc1)c1nnc(-c2ccccc2)o1.NNC(=O)c1ccccc1.NS(=O)(=O)NCCCC[C@H](NCC(=O)c1ccccc1)c1nnc(-c2ccccc2)o1. The van der Waals surface area contributed by atoms with Crippen LogP contribution >= 0.6 is 0 Å². The number of rotatable bonds is 44. The minimum Gasteiger partial charge on any atom is -0.480 e. The standard InChI is InChI=1S/C26H34N4O5.C26H32N4O4.C21H25N5O4S.C19H28N2O6.C7H8N2O/c1-26(2,3)35-25(34)27-17-11-10-16-21(28-18-22(31)19-12-6-4-7-13-19)24(33)30-29-23(32)20-14-8-5-9-15-20;1-26(2,3)34-25(32)27-17-11-10-16-21(28-18-22(31)19-12-6-4-7-13-19)24-30-29-23(33-24)20-14-8-5-9-15-20;22-31(28,29)24-14-8-7-13-18(23-15-19(27)16-9-3-1-4-10-16)21-26-25-20(30-21)17-11-5-2-6-12-17;1-19(2,3)27-17(24)20-12-8-7-11-15(16(22)23)21-18(25)26-13-14-9-5-4-6-10-14;8-9-7(10)6-4-2-1-3-5-6/h4-9,12-15,21,28H,10-11,16-18H2,1-3H3,(H,27,34)(H,29,32)(H,30,33);4-9,12-15,21,28H,10-11,16-18H2,1-3H3,(H,27,32);1-6,9-12,18,23-24H,7-8,13-15H2,(H2,22,28,29);4-6,9-10,15H,7-8,11-13H2,1-3H3,(H,20,24)(H,21,25)(H,22,23);1-5H,8H2,(H,9,10)/t2*21-;18-;15-;/m0000./s1. The van der Waals surface area contributed by atoms with Crippen molar-refractivity contribution in [1.29, 1.82) is 0 Å². The summed E-state index contributed by atoms with van der Waals surface area (Å²) in [4.78, 5) is 131. The van der Waals surface area contributed by atoms with Gasteiger partial charge >= 0.3 is 30.3 Å². The molecule has 37 nitrogen and oxygen atoms in total.